The molecule has 0 aliphatic carbocycles. The number of nitrogens with one attached hydrogen (secondary N) is 2. The molecular weight excluding hydrogens is 512 g/mol. The van der Waals surface area contributed by atoms with E-state index in [1.807, 2.05) is 6.08 Å². The average Bonchev–Trinajstić information content (AvgIpc) is 2.93. The number of amides is 2. The van der Waals surface area contributed by atoms with E-state index in [0.29, 0.717) is 12.8 Å². The summed E-state index contributed by atoms with van der Waals surface area (Å²) in [4.78, 5) is 46.9. The Balaban J connectivity index is 4.31. The van der Waals surface area contributed by atoms with E-state index < -0.39 is 24.5 Å². The van der Waals surface area contributed by atoms with Crippen molar-refractivity contribution < 1.29 is 34.1 Å². The highest BCUT2D eigenvalue weighted by Crippen LogP contribution is 2.14. The van der Waals surface area contributed by atoms with Crippen LogP contribution >= 0.6 is 0 Å². The van der Waals surface area contributed by atoms with Gasteiger partial charge in [0, 0.05) is 12.8 Å². The van der Waals surface area contributed by atoms with Crippen LogP contribution in [0.15, 0.2) is 24.3 Å². The first kappa shape index (κ1) is 37.3. The Labute approximate surface area is 241 Å². The first-order valence-corrected chi connectivity index (χ1v) is 15.2. The molecular formula is C31H54N2O7. The number of esters is 1. The summed E-state index contributed by atoms with van der Waals surface area (Å²) in [5.41, 5.74) is 0. The lowest BCUT2D eigenvalue weighted by molar-refractivity contribution is -0.147. The fourth-order valence-corrected chi connectivity index (χ4v) is 4.02. The van der Waals surface area contributed by atoms with Gasteiger partial charge in [-0.15, -0.1) is 0 Å². The first-order valence-electron chi connectivity index (χ1n) is 15.2. The second-order valence-electron chi connectivity index (χ2n) is 10.2. The van der Waals surface area contributed by atoms with Crippen molar-refractivity contribution in [2.75, 3.05) is 13.2 Å². The number of carbonyl (C=O) groups excluding carboxylic acids is 3. The van der Waals surface area contributed by atoms with Gasteiger partial charge in [-0.2, -0.15) is 0 Å². The number of allylic oxidation sites excluding steroid dienone is 3. The Bertz CT molecular complexity index is 752. The van der Waals surface area contributed by atoms with Crippen molar-refractivity contribution in [3.63, 3.8) is 0 Å². The van der Waals surface area contributed by atoms with E-state index in [2.05, 4.69) is 42.7 Å². The molecule has 2 atom stereocenters. The third-order valence-electron chi connectivity index (χ3n) is 6.42. The van der Waals surface area contributed by atoms with Crippen LogP contribution in [0.25, 0.3) is 0 Å². The van der Waals surface area contributed by atoms with Crippen molar-refractivity contribution in [2.24, 2.45) is 0 Å². The summed E-state index contributed by atoms with van der Waals surface area (Å²) in [6.45, 7) is 3.29. The molecule has 2 unspecified atom stereocenters. The summed E-state index contributed by atoms with van der Waals surface area (Å²) in [6.07, 6.45) is 23.9. The minimum Gasteiger partial charge on any atom is -0.480 e. The number of rotatable bonds is 26. The van der Waals surface area contributed by atoms with Crippen LogP contribution in [0.5, 0.6) is 0 Å². The third-order valence-corrected chi connectivity index (χ3v) is 6.42. The van der Waals surface area contributed by atoms with E-state index in [1.165, 1.54) is 32.1 Å². The second kappa shape index (κ2) is 26.5. The summed E-state index contributed by atoms with van der Waals surface area (Å²) in [5.74, 6) is -2.44. The molecule has 0 bridgehead atoms. The minimum absolute atomic E-state index is 0.140. The van der Waals surface area contributed by atoms with Gasteiger partial charge in [0.25, 0.3) is 0 Å². The molecule has 0 saturated carbocycles. The summed E-state index contributed by atoms with van der Waals surface area (Å²) < 4.78 is 5.77. The number of ether oxygens (including phenoxy) is 1. The van der Waals surface area contributed by atoms with E-state index >= 15 is 0 Å². The molecule has 0 fully saturated rings. The van der Waals surface area contributed by atoms with E-state index in [0.717, 1.165) is 57.8 Å². The number of carbonyl (C=O) groups is 4. The molecule has 0 saturated heterocycles. The fourth-order valence-electron chi connectivity index (χ4n) is 4.02. The van der Waals surface area contributed by atoms with Crippen LogP contribution < -0.4 is 10.6 Å². The third kappa shape index (κ3) is 23.2. The van der Waals surface area contributed by atoms with E-state index in [4.69, 9.17) is 14.9 Å². The quantitative estimate of drug-likeness (QED) is 0.0627. The largest absolute Gasteiger partial charge is 0.480 e. The molecule has 40 heavy (non-hydrogen) atoms. The number of aliphatic hydroxyl groups is 1. The zero-order valence-electron chi connectivity index (χ0n) is 24.8. The van der Waals surface area contributed by atoms with E-state index in [9.17, 15) is 19.2 Å². The Hall–Kier alpha value is -2.68. The Morgan fingerprint density at radius 1 is 0.775 bits per heavy atom. The van der Waals surface area contributed by atoms with E-state index in [-0.39, 0.29) is 30.9 Å². The maximum absolute atomic E-state index is 12.4. The number of unbranched alkanes of at least 4 members (excludes halogenated alkanes) is 10. The van der Waals surface area contributed by atoms with Crippen molar-refractivity contribution in [3.05, 3.63) is 24.3 Å². The van der Waals surface area contributed by atoms with Crippen molar-refractivity contribution >= 4 is 23.8 Å². The Morgan fingerprint density at radius 2 is 1.43 bits per heavy atom. The summed E-state index contributed by atoms with van der Waals surface area (Å²) in [6, 6.07) is -1.39. The molecule has 0 aromatic rings. The van der Waals surface area contributed by atoms with Gasteiger partial charge in [0.2, 0.25) is 11.8 Å². The van der Waals surface area contributed by atoms with Gasteiger partial charge in [-0.3, -0.25) is 14.4 Å². The van der Waals surface area contributed by atoms with Gasteiger partial charge < -0.3 is 25.6 Å². The maximum atomic E-state index is 12.4. The van der Waals surface area contributed by atoms with Crippen LogP contribution in [0.1, 0.15) is 123 Å². The van der Waals surface area contributed by atoms with Gasteiger partial charge in [-0.25, -0.2) is 4.79 Å². The predicted molar refractivity (Wildman–Crippen MR) is 158 cm³/mol. The van der Waals surface area contributed by atoms with Gasteiger partial charge in [0.1, 0.15) is 12.1 Å². The maximum Gasteiger partial charge on any atom is 0.328 e. The lowest BCUT2D eigenvalue weighted by Gasteiger charge is -2.15. The highest BCUT2D eigenvalue weighted by Gasteiger charge is 2.18. The molecule has 230 valence electrons. The zero-order valence-corrected chi connectivity index (χ0v) is 24.8. The number of hydrogen-bond acceptors (Lipinski definition) is 6. The van der Waals surface area contributed by atoms with Crippen molar-refractivity contribution in [3.8, 4) is 0 Å². The van der Waals surface area contributed by atoms with Gasteiger partial charge in [-0.1, -0.05) is 89.9 Å². The van der Waals surface area contributed by atoms with Crippen LogP contribution in [0, 0.1) is 0 Å². The van der Waals surface area contributed by atoms with Crippen LogP contribution in [0.3, 0.4) is 0 Å². The van der Waals surface area contributed by atoms with Gasteiger partial charge in [0.15, 0.2) is 0 Å². The summed E-state index contributed by atoms with van der Waals surface area (Å²) in [5, 5.41) is 22.3. The number of carboxylic acid groups (broad SMARTS) is 1. The van der Waals surface area contributed by atoms with Crippen LogP contribution in [-0.2, 0) is 23.9 Å². The zero-order chi connectivity index (χ0) is 29.8. The highest BCUT2D eigenvalue weighted by atomic mass is 16.5. The standard InChI is InChI=1S/C31H54N2O7/c1-3-5-7-9-11-13-19-23-30(37)40-26(20-16-12-10-8-6-4-2)21-17-14-15-18-22-28(35)32-24-29(36)33-27(25-34)31(38)39/h8,10,16,20,26-27,34H,3-7,9,11-15,17-19,21-25H2,1-2H3,(H,32,35)(H,33,36)(H,38,39)/b10-8-,20-16-. The molecule has 2 amide bonds. The van der Waals surface area contributed by atoms with Crippen molar-refractivity contribution in [2.45, 2.75) is 135 Å². The van der Waals surface area contributed by atoms with Crippen molar-refractivity contribution in [1.82, 2.24) is 10.6 Å². The Kier molecular flexibility index (Phi) is 24.8. The smallest absolute Gasteiger partial charge is 0.328 e. The lowest BCUT2D eigenvalue weighted by atomic mass is 10.1. The molecule has 4 N–H and O–H groups in total. The lowest BCUT2D eigenvalue weighted by Crippen LogP contribution is -2.47. The topological polar surface area (TPSA) is 142 Å². The molecule has 0 radical (unpaired) electrons. The predicted octanol–water partition coefficient (Wildman–Crippen LogP) is 5.36. The molecule has 0 aliphatic rings. The first-order chi connectivity index (χ1) is 19.3. The molecule has 9 nitrogen and oxygen atoms in total. The summed E-state index contributed by atoms with van der Waals surface area (Å²) in [7, 11) is 0. The molecule has 0 spiro atoms. The van der Waals surface area contributed by atoms with Gasteiger partial charge in [0.05, 0.1) is 13.2 Å². The van der Waals surface area contributed by atoms with Crippen LogP contribution in [0.4, 0.5) is 0 Å². The SMILES string of the molecule is CCC/C=C\C/C=C\C(CCCCCCC(=O)NCC(=O)NC(CO)C(=O)O)OC(=O)CCCCCCCCC. The monoisotopic (exact) mass is 566 g/mol. The van der Waals surface area contributed by atoms with Crippen LogP contribution in [0.2, 0.25) is 0 Å². The fraction of sp³-hybridized carbons (Fsp3) is 0.742. The number of aliphatic hydroxyl groups excluding tert-OH is 1. The number of hydrogen-bond donors (Lipinski definition) is 4. The molecule has 9 heteroatoms. The molecule has 0 aliphatic heterocycles. The minimum atomic E-state index is -1.39. The normalized spacial score (nSPS) is 12.9. The van der Waals surface area contributed by atoms with Crippen molar-refractivity contribution in [1.29, 1.82) is 0 Å². The Morgan fingerprint density at radius 3 is 2.08 bits per heavy atom. The van der Waals surface area contributed by atoms with Gasteiger partial charge in [-0.05, 0) is 44.6 Å². The molecule has 0 aromatic carbocycles. The van der Waals surface area contributed by atoms with Crippen LogP contribution in [-0.4, -0.2) is 59.3 Å². The highest BCUT2D eigenvalue weighted by molar-refractivity contribution is 5.87. The average molecular weight is 567 g/mol. The number of aliphatic carboxylic acids is 1. The number of carboxylic acids is 1. The van der Waals surface area contributed by atoms with E-state index in [1.54, 1.807) is 0 Å². The molecule has 0 aromatic heterocycles. The molecule has 0 heterocycles. The molecule has 0 rings (SSSR count). The van der Waals surface area contributed by atoms with Gasteiger partial charge >= 0.3 is 11.9 Å². The second-order valence-corrected chi connectivity index (χ2v) is 10.2. The summed E-state index contributed by atoms with van der Waals surface area (Å²) >= 11 is 0.